The van der Waals surface area contributed by atoms with Gasteiger partial charge in [-0.15, -0.1) is 0 Å². The molecule has 0 spiro atoms. The molecule has 0 aromatic heterocycles. The molecule has 0 aliphatic rings. The molecule has 0 fully saturated rings. The highest BCUT2D eigenvalue weighted by atomic mass is 16.5. The molecule has 3 nitrogen and oxygen atoms in total. The van der Waals surface area contributed by atoms with E-state index in [1.54, 1.807) is 0 Å². The minimum atomic E-state index is 0.0850. The molecule has 0 aromatic rings. The van der Waals surface area contributed by atoms with Crippen molar-refractivity contribution in [3.05, 3.63) is 0 Å². The fraction of sp³-hybridized carbons (Fsp3) is 0.833. The number of rotatable bonds is 3. The maximum Gasteiger partial charge on any atom is 0.155 e. The van der Waals surface area contributed by atoms with Crippen molar-refractivity contribution >= 4 is 5.78 Å². The van der Waals surface area contributed by atoms with Crippen LogP contribution in [0.3, 0.4) is 0 Å². The van der Waals surface area contributed by atoms with Crippen LogP contribution < -0.4 is 0 Å². The molecule has 0 atom stereocenters. The molecule has 0 unspecified atom stereocenters. The van der Waals surface area contributed by atoms with E-state index in [0.29, 0.717) is 6.61 Å². The predicted molar refractivity (Wildman–Crippen MR) is 35.3 cm³/mol. The van der Waals surface area contributed by atoms with Gasteiger partial charge < -0.3 is 9.84 Å². The second kappa shape index (κ2) is 10.5. The molecule has 0 heterocycles. The molecule has 0 aromatic carbocycles. The number of hydrogen-bond acceptors (Lipinski definition) is 3. The summed E-state index contributed by atoms with van der Waals surface area (Å²) in [5.41, 5.74) is 0. The zero-order valence-corrected chi connectivity index (χ0v) is 6.18. The molecule has 56 valence electrons. The van der Waals surface area contributed by atoms with Gasteiger partial charge in [0, 0.05) is 13.7 Å². The predicted octanol–water partition coefficient (Wildman–Crippen LogP) is 0.220. The Morgan fingerprint density at radius 3 is 2.11 bits per heavy atom. The lowest BCUT2D eigenvalue weighted by atomic mass is 10.5. The van der Waals surface area contributed by atoms with Gasteiger partial charge in [-0.2, -0.15) is 0 Å². The Balaban J connectivity index is 0. The van der Waals surface area contributed by atoms with Crippen LogP contribution >= 0.6 is 0 Å². The van der Waals surface area contributed by atoms with Crippen molar-refractivity contribution in [2.75, 3.05) is 20.3 Å². The summed E-state index contributed by atoms with van der Waals surface area (Å²) in [7, 11) is 1.00. The molecule has 0 bridgehead atoms. The van der Waals surface area contributed by atoms with Crippen LogP contribution in [0.5, 0.6) is 0 Å². The van der Waals surface area contributed by atoms with E-state index in [1.165, 1.54) is 6.92 Å². The maximum atomic E-state index is 10.1. The summed E-state index contributed by atoms with van der Waals surface area (Å²) in [6.45, 7) is 4.26. The number of hydrogen-bond donors (Lipinski definition) is 1. The van der Waals surface area contributed by atoms with Crippen molar-refractivity contribution in [3.63, 3.8) is 0 Å². The number of carbonyl (C=O) groups excluding carboxylic acids is 1. The highest BCUT2D eigenvalue weighted by molar-refractivity contribution is 5.76. The topological polar surface area (TPSA) is 46.5 Å². The molecule has 0 saturated heterocycles. The largest absolute Gasteiger partial charge is 0.400 e. The lowest BCUT2D eigenvalue weighted by molar-refractivity contribution is -0.121. The van der Waals surface area contributed by atoms with Crippen LogP contribution in [0.15, 0.2) is 0 Å². The molecule has 0 saturated carbocycles. The van der Waals surface area contributed by atoms with Gasteiger partial charge in [-0.25, -0.2) is 0 Å². The first-order valence-corrected chi connectivity index (χ1v) is 2.79. The highest BCUT2D eigenvalue weighted by Crippen LogP contribution is 1.72. The number of Topliss-reactive ketones (excluding diaryl/α,β-unsaturated/α-hetero) is 1. The summed E-state index contributed by atoms with van der Waals surface area (Å²) in [6.07, 6.45) is 0. The average Bonchev–Trinajstić information content (AvgIpc) is 1.88. The van der Waals surface area contributed by atoms with Crippen molar-refractivity contribution < 1.29 is 14.6 Å². The molecule has 0 rings (SSSR count). The van der Waals surface area contributed by atoms with E-state index >= 15 is 0 Å². The van der Waals surface area contributed by atoms with Gasteiger partial charge in [0.15, 0.2) is 5.78 Å². The third-order valence-electron chi connectivity index (χ3n) is 0.509. The first-order valence-electron chi connectivity index (χ1n) is 2.79. The average molecular weight is 134 g/mol. The molecular weight excluding hydrogens is 120 g/mol. The minimum Gasteiger partial charge on any atom is -0.400 e. The quantitative estimate of drug-likeness (QED) is 0.600. The van der Waals surface area contributed by atoms with Gasteiger partial charge in [0.2, 0.25) is 0 Å². The Hall–Kier alpha value is -0.410. The van der Waals surface area contributed by atoms with E-state index in [1.807, 2.05) is 6.92 Å². The second-order valence-electron chi connectivity index (χ2n) is 1.34. The first kappa shape index (κ1) is 11.4. The summed E-state index contributed by atoms with van der Waals surface area (Å²) < 4.78 is 4.75. The molecular formula is C6H14O3. The number of aliphatic hydroxyl groups is 1. The fourth-order valence-electron chi connectivity index (χ4n) is 0.246. The van der Waals surface area contributed by atoms with Crippen LogP contribution in [-0.4, -0.2) is 31.2 Å². The Labute approximate surface area is 55.6 Å². The van der Waals surface area contributed by atoms with Gasteiger partial charge in [-0.05, 0) is 13.8 Å². The van der Waals surface area contributed by atoms with Crippen LogP contribution in [0, 0.1) is 0 Å². The minimum absolute atomic E-state index is 0.0850. The van der Waals surface area contributed by atoms with Crippen molar-refractivity contribution in [2.24, 2.45) is 0 Å². The van der Waals surface area contributed by atoms with Crippen LogP contribution in [0.25, 0.3) is 0 Å². The molecule has 9 heavy (non-hydrogen) atoms. The third kappa shape index (κ3) is 18.4. The van der Waals surface area contributed by atoms with Gasteiger partial charge in [0.25, 0.3) is 0 Å². The first-order chi connectivity index (χ1) is 4.27. The summed E-state index contributed by atoms with van der Waals surface area (Å²) >= 11 is 0. The highest BCUT2D eigenvalue weighted by Gasteiger charge is 1.86. The lowest BCUT2D eigenvalue weighted by Crippen LogP contribution is -2.02. The molecule has 1 N–H and O–H groups in total. The lowest BCUT2D eigenvalue weighted by Gasteiger charge is -1.91. The van der Waals surface area contributed by atoms with E-state index in [0.717, 1.165) is 7.11 Å². The Kier molecular flexibility index (Phi) is 13.4. The van der Waals surface area contributed by atoms with E-state index < -0.39 is 0 Å². The zero-order valence-electron chi connectivity index (χ0n) is 6.18. The summed E-state index contributed by atoms with van der Waals surface area (Å²) in [5, 5.41) is 7.00. The Morgan fingerprint density at radius 1 is 1.56 bits per heavy atom. The summed E-state index contributed by atoms with van der Waals surface area (Å²) in [4.78, 5) is 10.1. The van der Waals surface area contributed by atoms with E-state index in [2.05, 4.69) is 0 Å². The molecule has 0 aliphatic carbocycles. The van der Waals surface area contributed by atoms with Crippen LogP contribution in [0.4, 0.5) is 0 Å². The maximum absolute atomic E-state index is 10.1. The van der Waals surface area contributed by atoms with E-state index in [4.69, 9.17) is 9.84 Å². The fourth-order valence-corrected chi connectivity index (χ4v) is 0.246. The standard InChI is InChI=1S/C5H10O2.CH4O/c1-3-7-4-5(2)6;1-2/h3-4H2,1-2H3;2H,1H3. The van der Waals surface area contributed by atoms with Gasteiger partial charge in [-0.3, -0.25) is 4.79 Å². The Morgan fingerprint density at radius 2 is 2.00 bits per heavy atom. The number of carbonyl (C=O) groups is 1. The SMILES string of the molecule is CCOCC(C)=O.CO. The van der Waals surface area contributed by atoms with Crippen molar-refractivity contribution in [3.8, 4) is 0 Å². The van der Waals surface area contributed by atoms with Gasteiger partial charge in [0.1, 0.15) is 6.61 Å². The second-order valence-corrected chi connectivity index (χ2v) is 1.34. The monoisotopic (exact) mass is 134 g/mol. The number of ketones is 1. The van der Waals surface area contributed by atoms with Crippen molar-refractivity contribution in [1.29, 1.82) is 0 Å². The summed E-state index contributed by atoms with van der Waals surface area (Å²) in [6, 6.07) is 0. The van der Waals surface area contributed by atoms with Crippen molar-refractivity contribution in [2.45, 2.75) is 13.8 Å². The number of aliphatic hydroxyl groups excluding tert-OH is 1. The molecule has 0 amide bonds. The van der Waals surface area contributed by atoms with Crippen LogP contribution in [0.2, 0.25) is 0 Å². The number of ether oxygens (including phenoxy) is 1. The zero-order chi connectivity index (χ0) is 7.70. The van der Waals surface area contributed by atoms with Gasteiger partial charge >= 0.3 is 0 Å². The smallest absolute Gasteiger partial charge is 0.155 e. The third-order valence-corrected chi connectivity index (χ3v) is 0.509. The normalized spacial score (nSPS) is 7.56. The molecule has 0 aliphatic heterocycles. The molecule has 3 heteroatoms. The van der Waals surface area contributed by atoms with Crippen LogP contribution in [0.1, 0.15) is 13.8 Å². The van der Waals surface area contributed by atoms with Crippen molar-refractivity contribution in [1.82, 2.24) is 0 Å². The molecule has 0 radical (unpaired) electrons. The van der Waals surface area contributed by atoms with E-state index in [9.17, 15) is 4.79 Å². The van der Waals surface area contributed by atoms with Crippen LogP contribution in [-0.2, 0) is 9.53 Å². The van der Waals surface area contributed by atoms with E-state index in [-0.39, 0.29) is 12.4 Å². The Bertz CT molecular complexity index is 61.3. The summed E-state index contributed by atoms with van der Waals surface area (Å²) in [5.74, 6) is 0.0850. The van der Waals surface area contributed by atoms with Gasteiger partial charge in [0.05, 0.1) is 0 Å². The van der Waals surface area contributed by atoms with Gasteiger partial charge in [-0.1, -0.05) is 0 Å².